The highest BCUT2D eigenvalue weighted by Crippen LogP contribution is 2.18. The van der Waals surface area contributed by atoms with Crippen molar-refractivity contribution in [3.8, 4) is 17.2 Å². The Morgan fingerprint density at radius 2 is 1.31 bits per heavy atom. The first-order valence-corrected chi connectivity index (χ1v) is 11.0. The number of hydrogen-bond donors (Lipinski definition) is 0. The number of benzene rings is 3. The van der Waals surface area contributed by atoms with Gasteiger partial charge in [0.2, 0.25) is 0 Å². The average molecular weight is 478 g/mol. The van der Waals surface area contributed by atoms with Crippen molar-refractivity contribution in [2.45, 2.75) is 12.8 Å². The number of rotatable bonds is 13. The summed E-state index contributed by atoms with van der Waals surface area (Å²) in [6.07, 6.45) is 1.15. The van der Waals surface area contributed by atoms with Crippen LogP contribution >= 0.6 is 0 Å². The van der Waals surface area contributed by atoms with E-state index < -0.39 is 11.9 Å². The minimum Gasteiger partial charge on any atom is -0.497 e. The summed E-state index contributed by atoms with van der Waals surface area (Å²) in [6.45, 7) is 1.31. The molecule has 8 heteroatoms. The van der Waals surface area contributed by atoms with Crippen LogP contribution in [0.3, 0.4) is 0 Å². The summed E-state index contributed by atoms with van der Waals surface area (Å²) < 4.78 is 25.9. The third-order valence-corrected chi connectivity index (χ3v) is 4.92. The third kappa shape index (κ3) is 8.19. The van der Waals surface area contributed by atoms with E-state index >= 15 is 0 Å². The lowest BCUT2D eigenvalue weighted by molar-refractivity contribution is -0.128. The number of carbonyl (C=O) groups is 3. The minimum absolute atomic E-state index is 0.244. The Morgan fingerprint density at radius 1 is 0.714 bits per heavy atom. The fourth-order valence-corrected chi connectivity index (χ4v) is 3.03. The van der Waals surface area contributed by atoms with Gasteiger partial charge in [0.25, 0.3) is 6.47 Å². The summed E-state index contributed by atoms with van der Waals surface area (Å²) >= 11 is 0. The number of methoxy groups -OCH3 is 1. The molecule has 0 saturated heterocycles. The SMILES string of the molecule is COc1ccc(CCOC(=O)c2ccc(OC(=O)c3ccc(OCCCOC=O)cc3)cc2)cc1. The molecule has 8 nitrogen and oxygen atoms in total. The number of esters is 2. The highest BCUT2D eigenvalue weighted by atomic mass is 16.5. The van der Waals surface area contributed by atoms with Gasteiger partial charge in [-0.2, -0.15) is 0 Å². The van der Waals surface area contributed by atoms with Gasteiger partial charge in [-0.25, -0.2) is 9.59 Å². The highest BCUT2D eigenvalue weighted by molar-refractivity contribution is 5.92. The van der Waals surface area contributed by atoms with Crippen LogP contribution in [0.25, 0.3) is 0 Å². The van der Waals surface area contributed by atoms with Crippen LogP contribution in [0.4, 0.5) is 0 Å². The molecule has 0 N–H and O–H groups in total. The summed E-state index contributed by atoms with van der Waals surface area (Å²) in [4.78, 5) is 34.7. The lowest BCUT2D eigenvalue weighted by Gasteiger charge is -2.08. The first-order chi connectivity index (χ1) is 17.1. The molecule has 0 heterocycles. The Balaban J connectivity index is 1.43. The van der Waals surface area contributed by atoms with Crippen molar-refractivity contribution in [2.24, 2.45) is 0 Å². The lowest BCUT2D eigenvalue weighted by Crippen LogP contribution is -2.10. The molecule has 3 aromatic rings. The van der Waals surface area contributed by atoms with Crippen LogP contribution in [0.15, 0.2) is 72.8 Å². The molecule has 0 amide bonds. The normalized spacial score (nSPS) is 10.2. The summed E-state index contributed by atoms with van der Waals surface area (Å²) in [7, 11) is 1.61. The molecule has 3 aromatic carbocycles. The summed E-state index contributed by atoms with van der Waals surface area (Å²) in [5.41, 5.74) is 1.74. The van der Waals surface area contributed by atoms with Crippen LogP contribution in [0.5, 0.6) is 17.2 Å². The molecular formula is C27H26O8. The molecule has 0 spiro atoms. The third-order valence-electron chi connectivity index (χ3n) is 4.92. The second kappa shape index (κ2) is 13.4. The van der Waals surface area contributed by atoms with Crippen LogP contribution in [-0.4, -0.2) is 45.3 Å². The van der Waals surface area contributed by atoms with Crippen LogP contribution in [0, 0.1) is 0 Å². The quantitative estimate of drug-likeness (QED) is 0.156. The molecule has 0 aliphatic heterocycles. The zero-order valence-corrected chi connectivity index (χ0v) is 19.3. The van der Waals surface area contributed by atoms with Gasteiger partial charge >= 0.3 is 11.9 Å². The van der Waals surface area contributed by atoms with Gasteiger partial charge in [0, 0.05) is 12.8 Å². The van der Waals surface area contributed by atoms with Crippen LogP contribution in [0.1, 0.15) is 32.7 Å². The molecule has 35 heavy (non-hydrogen) atoms. The van der Waals surface area contributed by atoms with E-state index in [9.17, 15) is 14.4 Å². The molecule has 0 unspecified atom stereocenters. The zero-order chi connectivity index (χ0) is 24.9. The standard InChI is InChI=1S/C27H26O8/c1-31-23-9-3-20(4-10-23)15-18-34-26(29)21-7-13-25(14-8-21)35-27(30)22-5-11-24(12-6-22)33-17-2-16-32-19-28/h3-14,19H,2,15-18H2,1H3. The molecule has 0 aromatic heterocycles. The van der Waals surface area contributed by atoms with E-state index in [0.717, 1.165) is 11.3 Å². The monoisotopic (exact) mass is 478 g/mol. The maximum Gasteiger partial charge on any atom is 0.343 e. The second-order valence-electron chi connectivity index (χ2n) is 7.34. The van der Waals surface area contributed by atoms with E-state index in [-0.39, 0.29) is 13.2 Å². The fourth-order valence-electron chi connectivity index (χ4n) is 3.03. The molecule has 0 aliphatic carbocycles. The van der Waals surface area contributed by atoms with Crippen molar-refractivity contribution in [3.63, 3.8) is 0 Å². The molecule has 0 bridgehead atoms. The van der Waals surface area contributed by atoms with E-state index in [2.05, 4.69) is 4.74 Å². The molecule has 0 saturated carbocycles. The van der Waals surface area contributed by atoms with Crippen molar-refractivity contribution < 1.29 is 38.1 Å². The maximum absolute atomic E-state index is 12.4. The van der Waals surface area contributed by atoms with Gasteiger partial charge in [-0.3, -0.25) is 4.79 Å². The van der Waals surface area contributed by atoms with Gasteiger partial charge in [0.1, 0.15) is 17.2 Å². The van der Waals surface area contributed by atoms with E-state index in [1.54, 1.807) is 43.5 Å². The van der Waals surface area contributed by atoms with Gasteiger partial charge in [0.15, 0.2) is 0 Å². The lowest BCUT2D eigenvalue weighted by atomic mass is 10.1. The largest absolute Gasteiger partial charge is 0.497 e. The smallest absolute Gasteiger partial charge is 0.343 e. The highest BCUT2D eigenvalue weighted by Gasteiger charge is 2.11. The number of ether oxygens (including phenoxy) is 5. The van der Waals surface area contributed by atoms with Gasteiger partial charge < -0.3 is 23.7 Å². The summed E-state index contributed by atoms with van der Waals surface area (Å²) in [5.74, 6) is 0.672. The predicted octanol–water partition coefficient (Wildman–Crippen LogP) is 4.26. The first-order valence-electron chi connectivity index (χ1n) is 11.0. The number of carbonyl (C=O) groups excluding carboxylic acids is 3. The minimum atomic E-state index is -0.536. The molecule has 0 radical (unpaired) electrons. The second-order valence-corrected chi connectivity index (χ2v) is 7.34. The number of hydrogen-bond acceptors (Lipinski definition) is 8. The summed E-state index contributed by atoms with van der Waals surface area (Å²) in [5, 5.41) is 0. The van der Waals surface area contributed by atoms with Crippen molar-refractivity contribution >= 4 is 18.4 Å². The average Bonchev–Trinajstić information content (AvgIpc) is 2.89. The van der Waals surface area contributed by atoms with Crippen LogP contribution < -0.4 is 14.2 Å². The van der Waals surface area contributed by atoms with Gasteiger partial charge in [-0.1, -0.05) is 12.1 Å². The van der Waals surface area contributed by atoms with Gasteiger partial charge in [0.05, 0.1) is 38.1 Å². The molecule has 182 valence electrons. The van der Waals surface area contributed by atoms with Crippen LogP contribution in [-0.2, 0) is 20.7 Å². The van der Waals surface area contributed by atoms with Crippen molar-refractivity contribution in [2.75, 3.05) is 26.9 Å². The zero-order valence-electron chi connectivity index (χ0n) is 19.3. The molecular weight excluding hydrogens is 452 g/mol. The topological polar surface area (TPSA) is 97.4 Å². The van der Waals surface area contributed by atoms with E-state index in [1.807, 2.05) is 24.3 Å². The fraction of sp³-hybridized carbons (Fsp3) is 0.222. The Morgan fingerprint density at radius 3 is 1.94 bits per heavy atom. The van der Waals surface area contributed by atoms with Crippen molar-refractivity contribution in [1.82, 2.24) is 0 Å². The van der Waals surface area contributed by atoms with Gasteiger partial charge in [-0.15, -0.1) is 0 Å². The Bertz CT molecular complexity index is 1090. The first kappa shape index (κ1) is 25.3. The molecule has 0 fully saturated rings. The van der Waals surface area contributed by atoms with Crippen molar-refractivity contribution in [3.05, 3.63) is 89.5 Å². The van der Waals surface area contributed by atoms with E-state index in [1.165, 1.54) is 12.1 Å². The Kier molecular flexibility index (Phi) is 9.68. The van der Waals surface area contributed by atoms with Gasteiger partial charge in [-0.05, 0) is 66.2 Å². The van der Waals surface area contributed by atoms with E-state index in [4.69, 9.17) is 18.9 Å². The Hall–Kier alpha value is -4.33. The van der Waals surface area contributed by atoms with E-state index in [0.29, 0.717) is 48.5 Å². The molecule has 0 atom stereocenters. The maximum atomic E-state index is 12.4. The molecule has 0 aliphatic rings. The van der Waals surface area contributed by atoms with Crippen LogP contribution in [0.2, 0.25) is 0 Å². The summed E-state index contributed by atoms with van der Waals surface area (Å²) in [6, 6.07) is 20.2. The van der Waals surface area contributed by atoms with Crippen molar-refractivity contribution in [1.29, 1.82) is 0 Å². The predicted molar refractivity (Wildman–Crippen MR) is 127 cm³/mol. The Labute approximate surface area is 203 Å². The molecule has 3 rings (SSSR count).